The van der Waals surface area contributed by atoms with Crippen molar-refractivity contribution in [2.45, 2.75) is 0 Å². The van der Waals surface area contributed by atoms with E-state index in [9.17, 15) is 0 Å². The summed E-state index contributed by atoms with van der Waals surface area (Å²) in [6.07, 6.45) is 5.68. The maximum Gasteiger partial charge on any atom is 2.00 e. The molecule has 3 heteroatoms. The smallest absolute Gasteiger partial charge is 1.00 e. The number of para-hydroxylation sites is 1. The van der Waals surface area contributed by atoms with Gasteiger partial charge in [-0.2, -0.15) is 5.10 Å². The molecule has 12 heavy (non-hydrogen) atoms. The molecule has 0 unspecified atom stereocenters. The van der Waals surface area contributed by atoms with Gasteiger partial charge in [-0.05, 0) is 17.7 Å². The number of benzene rings is 1. The Hall–Kier alpha value is -0.310. The van der Waals surface area contributed by atoms with Crippen LogP contribution in [0.2, 0.25) is 0 Å². The molecule has 2 nitrogen and oxygen atoms in total. The van der Waals surface area contributed by atoms with Crippen LogP contribution >= 0.6 is 0 Å². The SMILES string of the molecule is C1=Cc2ccccc2NN=C1.[Ca+2].[H-].[H-]. The predicted molar refractivity (Wildman–Crippen MR) is 55.6 cm³/mol. The first-order valence-electron chi connectivity index (χ1n) is 3.51. The summed E-state index contributed by atoms with van der Waals surface area (Å²) in [5, 5.41) is 3.95. The van der Waals surface area contributed by atoms with Gasteiger partial charge in [0.2, 0.25) is 0 Å². The molecular weight excluding hydrogens is 176 g/mol. The van der Waals surface area contributed by atoms with Crippen molar-refractivity contribution in [3.63, 3.8) is 0 Å². The van der Waals surface area contributed by atoms with Gasteiger partial charge in [-0.1, -0.05) is 24.3 Å². The zero-order valence-electron chi connectivity index (χ0n) is 8.70. The normalized spacial score (nSPS) is 12.3. The van der Waals surface area contributed by atoms with Crippen LogP contribution in [-0.4, -0.2) is 44.0 Å². The zero-order valence-corrected chi connectivity index (χ0v) is 8.90. The standard InChI is InChI=1S/C9H8N2.Ca.2H/c1-2-6-9-8(4-1)5-3-7-10-11-9;;;/h1-7,11H;;;/q;+2;2*-1. The molecule has 0 spiro atoms. The molecule has 0 radical (unpaired) electrons. The van der Waals surface area contributed by atoms with Gasteiger partial charge >= 0.3 is 37.7 Å². The summed E-state index contributed by atoms with van der Waals surface area (Å²) in [6.45, 7) is 0. The fourth-order valence-electron chi connectivity index (χ4n) is 1.04. The predicted octanol–water partition coefficient (Wildman–Crippen LogP) is 1.96. The number of hydrazone groups is 1. The molecule has 1 aliphatic rings. The Balaban J connectivity index is 0. The minimum Gasteiger partial charge on any atom is -1.00 e. The maximum atomic E-state index is 3.95. The van der Waals surface area contributed by atoms with Crippen molar-refractivity contribution in [3.8, 4) is 0 Å². The largest absolute Gasteiger partial charge is 2.00 e. The summed E-state index contributed by atoms with van der Waals surface area (Å²) in [6, 6.07) is 8.05. The van der Waals surface area contributed by atoms with Crippen LogP contribution in [0.25, 0.3) is 6.08 Å². The monoisotopic (exact) mass is 186 g/mol. The van der Waals surface area contributed by atoms with Gasteiger partial charge < -0.3 is 2.85 Å². The number of nitrogens with one attached hydrogen (secondary N) is 1. The topological polar surface area (TPSA) is 24.4 Å². The van der Waals surface area contributed by atoms with E-state index in [1.165, 1.54) is 5.56 Å². The quantitative estimate of drug-likeness (QED) is 0.615. The molecule has 1 aromatic rings. The van der Waals surface area contributed by atoms with Gasteiger partial charge in [0.05, 0.1) is 5.69 Å². The number of nitrogens with zero attached hydrogens (tertiary/aromatic N) is 1. The third-order valence-electron chi connectivity index (χ3n) is 1.58. The van der Waals surface area contributed by atoms with Crippen LogP contribution in [0.5, 0.6) is 0 Å². The van der Waals surface area contributed by atoms with Crippen molar-refractivity contribution < 1.29 is 2.85 Å². The Labute approximate surface area is 104 Å². The molecule has 0 saturated carbocycles. The van der Waals surface area contributed by atoms with Crippen LogP contribution in [0.1, 0.15) is 8.42 Å². The molecule has 0 atom stereocenters. The van der Waals surface area contributed by atoms with Crippen molar-refractivity contribution in [2.24, 2.45) is 5.10 Å². The van der Waals surface area contributed by atoms with Crippen molar-refractivity contribution >= 4 is 55.7 Å². The molecule has 0 fully saturated rings. The number of fused-ring (bicyclic) bond motifs is 1. The van der Waals surface area contributed by atoms with Gasteiger partial charge in [0, 0.05) is 6.21 Å². The van der Waals surface area contributed by atoms with Crippen LogP contribution in [0.3, 0.4) is 0 Å². The second-order valence-electron chi connectivity index (χ2n) is 2.34. The Bertz CT molecular complexity index is 326. The van der Waals surface area contributed by atoms with Crippen LogP contribution in [0, 0.1) is 0 Å². The van der Waals surface area contributed by atoms with Crippen molar-refractivity contribution in [2.75, 3.05) is 5.43 Å². The van der Waals surface area contributed by atoms with Crippen molar-refractivity contribution in [1.82, 2.24) is 0 Å². The Kier molecular flexibility index (Phi) is 3.79. The molecule has 0 bridgehead atoms. The number of hydrogen-bond acceptors (Lipinski definition) is 2. The molecule has 0 aromatic heterocycles. The molecule has 1 N–H and O–H groups in total. The van der Waals surface area contributed by atoms with Crippen LogP contribution in [0.15, 0.2) is 35.4 Å². The summed E-state index contributed by atoms with van der Waals surface area (Å²) in [4.78, 5) is 0. The average Bonchev–Trinajstić information content (AvgIpc) is 2.28. The van der Waals surface area contributed by atoms with Crippen molar-refractivity contribution in [1.29, 1.82) is 0 Å². The molecule has 1 aromatic carbocycles. The van der Waals surface area contributed by atoms with E-state index in [0.717, 1.165) is 5.69 Å². The number of hydrogen-bond donors (Lipinski definition) is 1. The summed E-state index contributed by atoms with van der Waals surface area (Å²) < 4.78 is 0. The van der Waals surface area contributed by atoms with E-state index in [1.807, 2.05) is 36.4 Å². The summed E-state index contributed by atoms with van der Waals surface area (Å²) in [5.74, 6) is 0. The van der Waals surface area contributed by atoms with Gasteiger partial charge in [0.25, 0.3) is 0 Å². The maximum absolute atomic E-state index is 3.95. The van der Waals surface area contributed by atoms with Gasteiger partial charge in [0.15, 0.2) is 0 Å². The van der Waals surface area contributed by atoms with Gasteiger partial charge in [-0.15, -0.1) is 0 Å². The summed E-state index contributed by atoms with van der Waals surface area (Å²) >= 11 is 0. The number of rotatable bonds is 0. The zero-order chi connectivity index (χ0) is 7.52. The van der Waals surface area contributed by atoms with E-state index in [2.05, 4.69) is 10.5 Å². The first kappa shape index (κ1) is 9.78. The fourth-order valence-corrected chi connectivity index (χ4v) is 1.04. The first-order chi connectivity index (χ1) is 5.47. The molecule has 1 aliphatic heterocycles. The summed E-state index contributed by atoms with van der Waals surface area (Å²) in [7, 11) is 0. The minimum absolute atomic E-state index is 0. The van der Waals surface area contributed by atoms with Gasteiger partial charge in [-0.25, -0.2) is 0 Å². The number of allylic oxidation sites excluding steroid dienone is 1. The molecular formula is C9H10CaN2. The Morgan fingerprint density at radius 3 is 3.00 bits per heavy atom. The molecule has 0 aliphatic carbocycles. The summed E-state index contributed by atoms with van der Waals surface area (Å²) in [5.41, 5.74) is 5.16. The van der Waals surface area contributed by atoms with Crippen LogP contribution < -0.4 is 5.43 Å². The van der Waals surface area contributed by atoms with Crippen LogP contribution in [0.4, 0.5) is 5.69 Å². The average molecular weight is 186 g/mol. The second kappa shape index (κ2) is 4.65. The van der Waals surface area contributed by atoms with E-state index in [1.54, 1.807) is 6.21 Å². The third-order valence-corrected chi connectivity index (χ3v) is 1.58. The van der Waals surface area contributed by atoms with E-state index in [0.29, 0.717) is 0 Å². The molecule has 0 amide bonds. The van der Waals surface area contributed by atoms with Gasteiger partial charge in [0.1, 0.15) is 0 Å². The minimum atomic E-state index is 0. The van der Waals surface area contributed by atoms with E-state index in [4.69, 9.17) is 0 Å². The fraction of sp³-hybridized carbons (Fsp3) is 0. The van der Waals surface area contributed by atoms with E-state index in [-0.39, 0.29) is 40.6 Å². The third kappa shape index (κ3) is 2.09. The first-order valence-corrected chi connectivity index (χ1v) is 3.51. The molecule has 0 saturated heterocycles. The molecule has 2 rings (SSSR count). The molecule has 1 heterocycles. The Morgan fingerprint density at radius 2 is 2.08 bits per heavy atom. The van der Waals surface area contributed by atoms with E-state index < -0.39 is 0 Å². The second-order valence-corrected chi connectivity index (χ2v) is 2.34. The van der Waals surface area contributed by atoms with Crippen molar-refractivity contribution in [3.05, 3.63) is 35.9 Å². The van der Waals surface area contributed by atoms with E-state index >= 15 is 0 Å². The molecule has 58 valence electrons. The van der Waals surface area contributed by atoms with Gasteiger partial charge in [-0.3, -0.25) is 5.43 Å². The Morgan fingerprint density at radius 1 is 1.25 bits per heavy atom. The van der Waals surface area contributed by atoms with Crippen LogP contribution in [-0.2, 0) is 0 Å². The number of anilines is 1.